The van der Waals surface area contributed by atoms with Crippen molar-refractivity contribution in [3.63, 3.8) is 0 Å². The van der Waals surface area contributed by atoms with E-state index in [-0.39, 0.29) is 0 Å². The third kappa shape index (κ3) is 2.35. The van der Waals surface area contributed by atoms with Crippen LogP contribution in [0.1, 0.15) is 23.9 Å². The molecule has 0 saturated heterocycles. The first-order valence-electron chi connectivity index (χ1n) is 5.22. The van der Waals surface area contributed by atoms with E-state index in [4.69, 9.17) is 0 Å². The summed E-state index contributed by atoms with van der Waals surface area (Å²) in [6.07, 6.45) is 2.14. The van der Waals surface area contributed by atoms with E-state index in [0.29, 0.717) is 0 Å². The van der Waals surface area contributed by atoms with Gasteiger partial charge in [0.15, 0.2) is 0 Å². The molecule has 0 fully saturated rings. The Kier molecular flexibility index (Phi) is 3.69. The molecule has 80 valence electrons. The molecule has 0 spiro atoms. The summed E-state index contributed by atoms with van der Waals surface area (Å²) in [5.74, 6) is 0. The summed E-state index contributed by atoms with van der Waals surface area (Å²) < 4.78 is 1.99. The van der Waals surface area contributed by atoms with Crippen LogP contribution in [0, 0.1) is 6.92 Å². The number of likely N-dealkylation sites (N-methyl/N-ethyl adjacent to an activating group) is 1. The Labute approximate surface area is 86.7 Å². The molecule has 1 heterocycles. The highest BCUT2D eigenvalue weighted by atomic mass is 15.3. The largest absolute Gasteiger partial charge is 0.309 e. The third-order valence-electron chi connectivity index (χ3n) is 2.69. The second-order valence-electron chi connectivity index (χ2n) is 4.04. The van der Waals surface area contributed by atoms with E-state index in [1.54, 1.807) is 0 Å². The van der Waals surface area contributed by atoms with Crippen molar-refractivity contribution >= 4 is 0 Å². The molecule has 0 N–H and O–H groups in total. The third-order valence-corrected chi connectivity index (χ3v) is 2.69. The SMILES string of the molecule is CCc1c(CCN(C)C)nn(C)c1C. The van der Waals surface area contributed by atoms with Crippen LogP contribution in [0.25, 0.3) is 0 Å². The molecule has 0 unspecified atom stereocenters. The van der Waals surface area contributed by atoms with E-state index in [1.165, 1.54) is 17.0 Å². The molecule has 0 amide bonds. The monoisotopic (exact) mass is 195 g/mol. The smallest absolute Gasteiger partial charge is 0.0671 e. The van der Waals surface area contributed by atoms with Crippen molar-refractivity contribution in [2.45, 2.75) is 26.7 Å². The van der Waals surface area contributed by atoms with Gasteiger partial charge in [0.2, 0.25) is 0 Å². The summed E-state index contributed by atoms with van der Waals surface area (Å²) in [6, 6.07) is 0. The van der Waals surface area contributed by atoms with Gasteiger partial charge in [0, 0.05) is 25.7 Å². The second kappa shape index (κ2) is 4.60. The van der Waals surface area contributed by atoms with E-state index >= 15 is 0 Å². The van der Waals surface area contributed by atoms with Gasteiger partial charge in [0.1, 0.15) is 0 Å². The van der Waals surface area contributed by atoms with Crippen molar-refractivity contribution in [3.8, 4) is 0 Å². The van der Waals surface area contributed by atoms with Crippen LogP contribution in [0.5, 0.6) is 0 Å². The molecule has 0 radical (unpaired) electrons. The van der Waals surface area contributed by atoms with Crippen molar-refractivity contribution in [1.82, 2.24) is 14.7 Å². The van der Waals surface area contributed by atoms with Crippen LogP contribution < -0.4 is 0 Å². The highest BCUT2D eigenvalue weighted by molar-refractivity contribution is 5.25. The van der Waals surface area contributed by atoms with Gasteiger partial charge >= 0.3 is 0 Å². The van der Waals surface area contributed by atoms with Gasteiger partial charge in [-0.15, -0.1) is 0 Å². The lowest BCUT2D eigenvalue weighted by Gasteiger charge is -2.08. The van der Waals surface area contributed by atoms with Gasteiger partial charge in [0.25, 0.3) is 0 Å². The van der Waals surface area contributed by atoms with Gasteiger partial charge < -0.3 is 4.90 Å². The maximum Gasteiger partial charge on any atom is 0.0671 e. The first-order valence-corrected chi connectivity index (χ1v) is 5.22. The maximum absolute atomic E-state index is 4.54. The first-order chi connectivity index (χ1) is 6.56. The predicted molar refractivity (Wildman–Crippen MR) is 59.6 cm³/mol. The average molecular weight is 195 g/mol. The van der Waals surface area contributed by atoms with Crippen molar-refractivity contribution < 1.29 is 0 Å². The standard InChI is InChI=1S/C11H21N3/c1-6-10-9(2)14(5)12-11(10)7-8-13(3)4/h6-8H2,1-5H3. The maximum atomic E-state index is 4.54. The number of aromatic nitrogens is 2. The Morgan fingerprint density at radius 2 is 2.00 bits per heavy atom. The lowest BCUT2D eigenvalue weighted by Crippen LogP contribution is -2.16. The van der Waals surface area contributed by atoms with E-state index < -0.39 is 0 Å². The number of rotatable bonds is 4. The zero-order valence-corrected chi connectivity index (χ0v) is 9.96. The van der Waals surface area contributed by atoms with E-state index in [9.17, 15) is 0 Å². The zero-order chi connectivity index (χ0) is 10.7. The Hall–Kier alpha value is -0.830. The molecule has 14 heavy (non-hydrogen) atoms. The molecule has 0 aromatic carbocycles. The number of hydrogen-bond donors (Lipinski definition) is 0. The van der Waals surface area contributed by atoms with Crippen LogP contribution in [-0.2, 0) is 19.9 Å². The normalized spacial score (nSPS) is 11.3. The van der Waals surface area contributed by atoms with Gasteiger partial charge in [-0.2, -0.15) is 5.10 Å². The summed E-state index contributed by atoms with van der Waals surface area (Å²) in [6.45, 7) is 5.41. The molecule has 0 aliphatic heterocycles. The van der Waals surface area contributed by atoms with Gasteiger partial charge in [0.05, 0.1) is 5.69 Å². The topological polar surface area (TPSA) is 21.1 Å². The van der Waals surface area contributed by atoms with Crippen LogP contribution >= 0.6 is 0 Å². The first kappa shape index (κ1) is 11.2. The highest BCUT2D eigenvalue weighted by Gasteiger charge is 2.10. The van der Waals surface area contributed by atoms with Gasteiger partial charge in [-0.1, -0.05) is 6.92 Å². The van der Waals surface area contributed by atoms with Crippen LogP contribution in [0.15, 0.2) is 0 Å². The van der Waals surface area contributed by atoms with E-state index in [0.717, 1.165) is 19.4 Å². The molecule has 1 aromatic heterocycles. The summed E-state index contributed by atoms with van der Waals surface area (Å²) in [4.78, 5) is 2.20. The lowest BCUT2D eigenvalue weighted by molar-refractivity contribution is 0.410. The van der Waals surface area contributed by atoms with Gasteiger partial charge in [-0.05, 0) is 33.0 Å². The lowest BCUT2D eigenvalue weighted by atomic mass is 10.1. The molecular formula is C11H21N3. The second-order valence-corrected chi connectivity index (χ2v) is 4.04. The molecule has 0 aliphatic rings. The minimum Gasteiger partial charge on any atom is -0.309 e. The molecule has 0 bridgehead atoms. The minimum atomic E-state index is 1.05. The quantitative estimate of drug-likeness (QED) is 0.724. The van der Waals surface area contributed by atoms with Crippen molar-refractivity contribution in [3.05, 3.63) is 17.0 Å². The number of aryl methyl sites for hydroxylation is 1. The molecular weight excluding hydrogens is 174 g/mol. The minimum absolute atomic E-state index is 1.05. The summed E-state index contributed by atoms with van der Waals surface area (Å²) in [5.41, 5.74) is 4.00. The molecule has 0 saturated carbocycles. The van der Waals surface area contributed by atoms with Gasteiger partial charge in [-0.25, -0.2) is 0 Å². The summed E-state index contributed by atoms with van der Waals surface area (Å²) in [5, 5.41) is 4.54. The number of hydrogen-bond acceptors (Lipinski definition) is 2. The Morgan fingerprint density at radius 1 is 1.36 bits per heavy atom. The Balaban J connectivity index is 2.80. The van der Waals surface area contributed by atoms with Crippen molar-refractivity contribution in [1.29, 1.82) is 0 Å². The van der Waals surface area contributed by atoms with E-state index in [1.807, 2.05) is 11.7 Å². The zero-order valence-electron chi connectivity index (χ0n) is 9.96. The molecule has 1 aromatic rings. The van der Waals surface area contributed by atoms with Crippen molar-refractivity contribution in [2.24, 2.45) is 7.05 Å². The number of nitrogens with zero attached hydrogens (tertiary/aromatic N) is 3. The predicted octanol–water partition coefficient (Wildman–Crippen LogP) is 1.40. The molecule has 3 nitrogen and oxygen atoms in total. The van der Waals surface area contributed by atoms with Gasteiger partial charge in [-0.3, -0.25) is 4.68 Å². The van der Waals surface area contributed by atoms with Crippen LogP contribution in [-0.4, -0.2) is 35.3 Å². The summed E-state index contributed by atoms with van der Waals surface area (Å²) in [7, 11) is 6.22. The average Bonchev–Trinajstić information content (AvgIpc) is 2.39. The molecule has 1 rings (SSSR count). The Morgan fingerprint density at radius 3 is 2.50 bits per heavy atom. The van der Waals surface area contributed by atoms with Crippen molar-refractivity contribution in [2.75, 3.05) is 20.6 Å². The molecule has 3 heteroatoms. The van der Waals surface area contributed by atoms with Crippen LogP contribution in [0.2, 0.25) is 0 Å². The van der Waals surface area contributed by atoms with Crippen LogP contribution in [0.3, 0.4) is 0 Å². The van der Waals surface area contributed by atoms with E-state index in [2.05, 4.69) is 37.9 Å². The Bertz CT molecular complexity index is 300. The molecule has 0 atom stereocenters. The highest BCUT2D eigenvalue weighted by Crippen LogP contribution is 2.13. The van der Waals surface area contributed by atoms with Crippen LogP contribution in [0.4, 0.5) is 0 Å². The fraction of sp³-hybridized carbons (Fsp3) is 0.727. The fourth-order valence-corrected chi connectivity index (χ4v) is 1.71. The molecule has 0 aliphatic carbocycles. The summed E-state index contributed by atoms with van der Waals surface area (Å²) >= 11 is 0. The fourth-order valence-electron chi connectivity index (χ4n) is 1.71.